The molecular formula is C26H25ClF3NO5. The minimum absolute atomic E-state index is 0.137. The van der Waals surface area contributed by atoms with Crippen LogP contribution in [0.5, 0.6) is 17.2 Å². The fourth-order valence-corrected chi connectivity index (χ4v) is 3.37. The molecular weight excluding hydrogens is 499 g/mol. The number of aryl methyl sites for hydroxylation is 1. The summed E-state index contributed by atoms with van der Waals surface area (Å²) in [5.74, 6) is 0.310. The van der Waals surface area contributed by atoms with E-state index in [4.69, 9.17) is 25.8 Å². The van der Waals surface area contributed by atoms with Crippen LogP contribution in [0.15, 0.2) is 54.7 Å². The van der Waals surface area contributed by atoms with Crippen LogP contribution in [-0.2, 0) is 16.1 Å². The minimum Gasteiger partial charge on any atom is -0.489 e. The van der Waals surface area contributed by atoms with Gasteiger partial charge < -0.3 is 18.9 Å². The summed E-state index contributed by atoms with van der Waals surface area (Å²) in [5, 5.41) is 0.392. The number of hydrogen-bond acceptors (Lipinski definition) is 6. The molecule has 0 aliphatic rings. The van der Waals surface area contributed by atoms with Crippen molar-refractivity contribution < 1.29 is 36.9 Å². The molecule has 0 bridgehead atoms. The molecule has 10 heteroatoms. The third-order valence-corrected chi connectivity index (χ3v) is 5.34. The van der Waals surface area contributed by atoms with E-state index < -0.39 is 17.9 Å². The zero-order valence-electron chi connectivity index (χ0n) is 20.1. The first-order valence-corrected chi connectivity index (χ1v) is 11.4. The summed E-state index contributed by atoms with van der Waals surface area (Å²) in [6, 6.07) is 12.1. The summed E-state index contributed by atoms with van der Waals surface area (Å²) in [5.41, 5.74) is 1.32. The van der Waals surface area contributed by atoms with E-state index >= 15 is 0 Å². The van der Waals surface area contributed by atoms with Crippen molar-refractivity contribution in [3.05, 3.63) is 70.9 Å². The van der Waals surface area contributed by atoms with Crippen LogP contribution in [0.4, 0.5) is 13.2 Å². The van der Waals surface area contributed by atoms with Crippen LogP contribution in [-0.4, -0.2) is 29.5 Å². The number of carbonyl (C=O) groups is 1. The van der Waals surface area contributed by atoms with Crippen molar-refractivity contribution in [1.82, 2.24) is 4.98 Å². The molecule has 0 aliphatic carbocycles. The number of benzene rings is 2. The number of alkyl halides is 3. The lowest BCUT2D eigenvalue weighted by Crippen LogP contribution is -2.39. The number of rotatable bonds is 9. The molecule has 0 fully saturated rings. The number of aromatic nitrogens is 1. The van der Waals surface area contributed by atoms with Gasteiger partial charge in [0.05, 0.1) is 17.3 Å². The number of hydrogen-bond donors (Lipinski definition) is 0. The van der Waals surface area contributed by atoms with Crippen molar-refractivity contribution in [3.8, 4) is 28.5 Å². The van der Waals surface area contributed by atoms with Gasteiger partial charge in [-0.2, -0.15) is 0 Å². The van der Waals surface area contributed by atoms with Crippen molar-refractivity contribution in [2.24, 2.45) is 0 Å². The first-order chi connectivity index (χ1) is 16.9. The number of esters is 1. The monoisotopic (exact) mass is 523 g/mol. The fraction of sp³-hybridized carbons (Fsp3) is 0.308. The minimum atomic E-state index is -4.75. The van der Waals surface area contributed by atoms with Gasteiger partial charge in [0.15, 0.2) is 5.60 Å². The van der Waals surface area contributed by atoms with Crippen molar-refractivity contribution >= 4 is 17.6 Å². The summed E-state index contributed by atoms with van der Waals surface area (Å²) in [4.78, 5) is 16.4. The highest BCUT2D eigenvalue weighted by atomic mass is 35.5. The smallest absolute Gasteiger partial charge is 0.489 e. The first kappa shape index (κ1) is 27.1. The number of nitrogens with zero attached hydrogens (tertiary/aromatic N) is 1. The summed E-state index contributed by atoms with van der Waals surface area (Å²) >= 11 is 6.39. The maximum Gasteiger partial charge on any atom is 0.573 e. The van der Waals surface area contributed by atoms with Gasteiger partial charge in [-0.25, -0.2) is 4.79 Å². The predicted molar refractivity (Wildman–Crippen MR) is 128 cm³/mol. The zero-order valence-corrected chi connectivity index (χ0v) is 20.9. The molecule has 1 aromatic heterocycles. The zero-order chi connectivity index (χ0) is 26.5. The highest BCUT2D eigenvalue weighted by Crippen LogP contribution is 2.30. The van der Waals surface area contributed by atoms with E-state index in [1.54, 1.807) is 51.2 Å². The van der Waals surface area contributed by atoms with Gasteiger partial charge in [-0.3, -0.25) is 4.98 Å². The van der Waals surface area contributed by atoms with E-state index in [9.17, 15) is 18.0 Å². The van der Waals surface area contributed by atoms with Gasteiger partial charge >= 0.3 is 12.3 Å². The van der Waals surface area contributed by atoms with Crippen LogP contribution < -0.4 is 14.2 Å². The predicted octanol–water partition coefficient (Wildman–Crippen LogP) is 6.91. The van der Waals surface area contributed by atoms with Crippen LogP contribution >= 0.6 is 11.6 Å². The lowest BCUT2D eigenvalue weighted by Gasteiger charge is -2.25. The summed E-state index contributed by atoms with van der Waals surface area (Å²) < 4.78 is 57.6. The standard InChI is InChI=1S/C26H25ClF3NO5/c1-5-33-24(32)25(3,4)36-23-11-10-20(12-16(23)2)34-15-18-14-31-22(13-21(18)27)17-6-8-19(9-7-17)35-26(28,29)30/h6-14H,5,15H2,1-4H3. The van der Waals surface area contributed by atoms with Gasteiger partial charge in [-0.15, -0.1) is 13.2 Å². The maximum absolute atomic E-state index is 12.3. The summed E-state index contributed by atoms with van der Waals surface area (Å²) in [6.45, 7) is 7.24. The van der Waals surface area contributed by atoms with E-state index in [1.807, 2.05) is 6.92 Å². The second kappa shape index (κ2) is 11.1. The third kappa shape index (κ3) is 7.27. The molecule has 0 atom stereocenters. The molecule has 0 amide bonds. The Bertz CT molecular complexity index is 1210. The second-order valence-corrected chi connectivity index (χ2v) is 8.69. The van der Waals surface area contributed by atoms with Crippen LogP contribution in [0.2, 0.25) is 5.02 Å². The lowest BCUT2D eigenvalue weighted by atomic mass is 10.1. The molecule has 0 spiro atoms. The van der Waals surface area contributed by atoms with Crippen molar-refractivity contribution in [2.45, 2.75) is 46.3 Å². The van der Waals surface area contributed by atoms with Gasteiger partial charge in [0.25, 0.3) is 0 Å². The molecule has 0 saturated heterocycles. The Morgan fingerprint density at radius 3 is 2.25 bits per heavy atom. The van der Waals surface area contributed by atoms with Crippen molar-refractivity contribution in [3.63, 3.8) is 0 Å². The average molecular weight is 524 g/mol. The Kier molecular flexibility index (Phi) is 8.35. The molecule has 192 valence electrons. The maximum atomic E-state index is 12.3. The molecule has 0 N–H and O–H groups in total. The Balaban J connectivity index is 1.64. The molecule has 3 rings (SSSR count). The molecule has 6 nitrogen and oxygen atoms in total. The van der Waals surface area contributed by atoms with Crippen LogP contribution in [0, 0.1) is 6.92 Å². The van der Waals surface area contributed by atoms with E-state index in [2.05, 4.69) is 9.72 Å². The van der Waals surface area contributed by atoms with Crippen LogP contribution in [0.25, 0.3) is 11.3 Å². The fourth-order valence-electron chi connectivity index (χ4n) is 3.16. The van der Waals surface area contributed by atoms with E-state index in [1.165, 1.54) is 24.3 Å². The number of pyridine rings is 1. The van der Waals surface area contributed by atoms with Crippen LogP contribution in [0.1, 0.15) is 31.9 Å². The molecule has 0 radical (unpaired) electrons. The van der Waals surface area contributed by atoms with Gasteiger partial charge in [-0.1, -0.05) is 11.6 Å². The molecule has 3 aromatic rings. The van der Waals surface area contributed by atoms with E-state index in [0.717, 1.165) is 5.56 Å². The number of ether oxygens (including phenoxy) is 4. The lowest BCUT2D eigenvalue weighted by molar-refractivity contribution is -0.274. The summed E-state index contributed by atoms with van der Waals surface area (Å²) in [7, 11) is 0. The third-order valence-electron chi connectivity index (χ3n) is 4.99. The second-order valence-electron chi connectivity index (χ2n) is 8.28. The molecule has 1 heterocycles. The number of halogens is 4. The van der Waals surface area contributed by atoms with Gasteiger partial charge in [0.1, 0.15) is 23.9 Å². The van der Waals surface area contributed by atoms with Crippen molar-refractivity contribution in [2.75, 3.05) is 6.61 Å². The SMILES string of the molecule is CCOC(=O)C(C)(C)Oc1ccc(OCc2cnc(-c3ccc(OC(F)(F)F)cc3)cc2Cl)cc1C. The first-order valence-electron chi connectivity index (χ1n) is 11.0. The Hall–Kier alpha value is -3.46. The van der Waals surface area contributed by atoms with E-state index in [0.29, 0.717) is 33.3 Å². The quantitative estimate of drug-likeness (QED) is 0.284. The summed E-state index contributed by atoms with van der Waals surface area (Å²) in [6.07, 6.45) is -3.21. The number of carbonyl (C=O) groups excluding carboxylic acids is 1. The van der Waals surface area contributed by atoms with Gasteiger partial charge in [0.2, 0.25) is 0 Å². The molecule has 0 saturated carbocycles. The molecule has 0 unspecified atom stereocenters. The van der Waals surface area contributed by atoms with E-state index in [-0.39, 0.29) is 19.0 Å². The van der Waals surface area contributed by atoms with Gasteiger partial charge in [0, 0.05) is 17.3 Å². The van der Waals surface area contributed by atoms with Crippen LogP contribution in [0.3, 0.4) is 0 Å². The van der Waals surface area contributed by atoms with Crippen molar-refractivity contribution in [1.29, 1.82) is 0 Å². The largest absolute Gasteiger partial charge is 0.573 e. The molecule has 0 aliphatic heterocycles. The molecule has 2 aromatic carbocycles. The average Bonchev–Trinajstić information content (AvgIpc) is 2.79. The highest BCUT2D eigenvalue weighted by molar-refractivity contribution is 6.31. The normalized spacial score (nSPS) is 11.7. The van der Waals surface area contributed by atoms with Gasteiger partial charge in [-0.05, 0) is 81.8 Å². The Labute approximate surface area is 211 Å². The molecule has 36 heavy (non-hydrogen) atoms. The Morgan fingerprint density at radius 1 is 1.00 bits per heavy atom. The topological polar surface area (TPSA) is 66.9 Å². The highest BCUT2D eigenvalue weighted by Gasteiger charge is 2.32. The Morgan fingerprint density at radius 2 is 1.67 bits per heavy atom.